The van der Waals surface area contributed by atoms with Gasteiger partial charge >= 0.3 is 0 Å². The normalized spacial score (nSPS) is 26.6. The number of hydrogen-bond acceptors (Lipinski definition) is 7. The molecule has 0 aromatic heterocycles. The minimum absolute atomic E-state index is 0.0880. The molecular weight excluding hydrogens is 612 g/mol. The highest BCUT2D eigenvalue weighted by Gasteiger charge is 2.71. The summed E-state index contributed by atoms with van der Waals surface area (Å²) in [5.74, 6) is -0.895. The van der Waals surface area contributed by atoms with Gasteiger partial charge in [-0.05, 0) is 88.6 Å². The van der Waals surface area contributed by atoms with Crippen molar-refractivity contribution in [3.63, 3.8) is 0 Å². The summed E-state index contributed by atoms with van der Waals surface area (Å²) in [6.07, 6.45) is 10.2. The Labute approximate surface area is 282 Å². The van der Waals surface area contributed by atoms with E-state index in [1.807, 2.05) is 55.5 Å². The lowest BCUT2D eigenvalue weighted by atomic mass is 9.78. The third-order valence-electron chi connectivity index (χ3n) is 9.97. The number of amides is 3. The first-order valence-corrected chi connectivity index (χ1v) is 17.9. The first-order valence-electron chi connectivity index (χ1n) is 17.0. The van der Waals surface area contributed by atoms with Crippen molar-refractivity contribution < 1.29 is 24.2 Å². The standard InChI is InChI=1S/C37H46N4O5S/c1-4-38(5-2)26-13-15-27(16-14-26)40-24-11-21-37-32(35(44)41(33(37)36(40)45)22-8-7-9-25-42)31-30(47-37)12-10-23-39(34(31)43)28-17-19-29(20-18-28)46-6-3/h10-21,30-33,42H,4-9,22-25H2,1-3H3/t30-,31+,32+,33?,37+/m1/s1. The van der Waals surface area contributed by atoms with Gasteiger partial charge in [-0.1, -0.05) is 24.3 Å². The summed E-state index contributed by atoms with van der Waals surface area (Å²) in [6.45, 7) is 9.81. The molecule has 0 radical (unpaired) electrons. The predicted octanol–water partition coefficient (Wildman–Crippen LogP) is 4.90. The van der Waals surface area contributed by atoms with Crippen LogP contribution in [0.25, 0.3) is 0 Å². The van der Waals surface area contributed by atoms with Gasteiger partial charge in [0.15, 0.2) is 0 Å². The second kappa shape index (κ2) is 14.2. The molecule has 250 valence electrons. The number of hydrogen-bond donors (Lipinski definition) is 1. The van der Waals surface area contributed by atoms with Crippen LogP contribution in [0.15, 0.2) is 72.8 Å². The molecule has 3 amide bonds. The summed E-state index contributed by atoms with van der Waals surface area (Å²) < 4.78 is 4.74. The predicted molar refractivity (Wildman–Crippen MR) is 188 cm³/mol. The van der Waals surface area contributed by atoms with Crippen LogP contribution in [0.2, 0.25) is 0 Å². The summed E-state index contributed by atoms with van der Waals surface area (Å²) in [5, 5.41) is 9.15. The average Bonchev–Trinajstić information content (AvgIpc) is 3.39. The Balaban J connectivity index is 1.35. The molecule has 2 saturated heterocycles. The van der Waals surface area contributed by atoms with Crippen LogP contribution in [0.4, 0.5) is 17.1 Å². The van der Waals surface area contributed by atoms with Gasteiger partial charge in [-0.3, -0.25) is 14.4 Å². The van der Waals surface area contributed by atoms with Gasteiger partial charge in [0.25, 0.3) is 5.91 Å². The number of nitrogens with zero attached hydrogens (tertiary/aromatic N) is 4. The monoisotopic (exact) mass is 658 g/mol. The van der Waals surface area contributed by atoms with E-state index in [1.54, 1.807) is 26.5 Å². The number of thioether (sulfide) groups is 1. The van der Waals surface area contributed by atoms with Gasteiger partial charge in [0.2, 0.25) is 11.8 Å². The number of carbonyl (C=O) groups excluding carboxylic acids is 3. The van der Waals surface area contributed by atoms with Gasteiger partial charge < -0.3 is 29.4 Å². The zero-order valence-electron chi connectivity index (χ0n) is 27.6. The maximum absolute atomic E-state index is 14.8. The van der Waals surface area contributed by atoms with Crippen LogP contribution >= 0.6 is 11.8 Å². The number of ether oxygens (including phenoxy) is 1. The maximum atomic E-state index is 14.8. The molecule has 10 heteroatoms. The van der Waals surface area contributed by atoms with E-state index >= 15 is 0 Å². The number of fused-ring (bicyclic) bond motifs is 2. The van der Waals surface area contributed by atoms with Gasteiger partial charge in [0.05, 0.1) is 23.2 Å². The lowest BCUT2D eigenvalue weighted by molar-refractivity contribution is -0.138. The molecule has 0 bridgehead atoms. The Bertz CT molecular complexity index is 1510. The van der Waals surface area contributed by atoms with Crippen molar-refractivity contribution in [3.05, 3.63) is 72.8 Å². The third kappa shape index (κ3) is 5.95. The van der Waals surface area contributed by atoms with Crippen molar-refractivity contribution in [3.8, 4) is 5.75 Å². The molecular formula is C37H46N4O5S. The molecule has 4 heterocycles. The minimum Gasteiger partial charge on any atom is -0.494 e. The lowest BCUT2D eigenvalue weighted by Gasteiger charge is -2.35. The van der Waals surface area contributed by atoms with E-state index < -0.39 is 22.6 Å². The molecule has 2 aromatic rings. The number of likely N-dealkylation sites (tertiary alicyclic amines) is 1. The van der Waals surface area contributed by atoms with Gasteiger partial charge in [-0.15, -0.1) is 11.8 Å². The summed E-state index contributed by atoms with van der Waals surface area (Å²) in [6, 6.07) is 14.8. The molecule has 0 saturated carbocycles. The topological polar surface area (TPSA) is 93.6 Å². The van der Waals surface area contributed by atoms with Crippen molar-refractivity contribution in [1.29, 1.82) is 0 Å². The first-order chi connectivity index (χ1) is 22.9. The average molecular weight is 659 g/mol. The molecule has 2 aromatic carbocycles. The fourth-order valence-corrected chi connectivity index (χ4v) is 9.74. The van der Waals surface area contributed by atoms with Crippen LogP contribution in [-0.4, -0.2) is 89.7 Å². The fraction of sp³-hybridized carbons (Fsp3) is 0.486. The molecule has 4 aliphatic heterocycles. The zero-order valence-corrected chi connectivity index (χ0v) is 28.4. The van der Waals surface area contributed by atoms with Crippen LogP contribution in [0.1, 0.15) is 40.0 Å². The van der Waals surface area contributed by atoms with Gasteiger partial charge in [0.1, 0.15) is 11.8 Å². The summed E-state index contributed by atoms with van der Waals surface area (Å²) in [4.78, 5) is 51.5. The van der Waals surface area contributed by atoms with E-state index in [1.165, 1.54) is 0 Å². The Morgan fingerprint density at radius 1 is 0.851 bits per heavy atom. The van der Waals surface area contributed by atoms with Crippen LogP contribution in [0.3, 0.4) is 0 Å². The van der Waals surface area contributed by atoms with E-state index in [4.69, 9.17) is 4.74 Å². The van der Waals surface area contributed by atoms with Gasteiger partial charge in [0, 0.05) is 61.6 Å². The molecule has 5 atom stereocenters. The summed E-state index contributed by atoms with van der Waals surface area (Å²) in [5.41, 5.74) is 2.64. The van der Waals surface area contributed by atoms with Crippen molar-refractivity contribution in [1.82, 2.24) is 4.90 Å². The molecule has 0 aliphatic carbocycles. The van der Waals surface area contributed by atoms with Crippen molar-refractivity contribution in [2.45, 2.75) is 56.1 Å². The zero-order chi connectivity index (χ0) is 33.1. The number of aliphatic hydroxyl groups excluding tert-OH is 1. The van der Waals surface area contributed by atoms with Crippen molar-refractivity contribution in [2.24, 2.45) is 11.8 Å². The SMILES string of the molecule is CCOc1ccc(N2CC=C[C@H]3S[C@]45C=CCN(c6ccc(N(CC)CC)cc6)C(=O)C4N(CCCCCO)C(=O)[C@@H]5[C@H]3C2=O)cc1. The lowest BCUT2D eigenvalue weighted by Crippen LogP contribution is -2.53. The molecule has 9 nitrogen and oxygen atoms in total. The Morgan fingerprint density at radius 2 is 1.51 bits per heavy atom. The van der Waals surface area contributed by atoms with Crippen LogP contribution in [0, 0.1) is 11.8 Å². The molecule has 47 heavy (non-hydrogen) atoms. The van der Waals surface area contributed by atoms with Crippen molar-refractivity contribution >= 4 is 46.5 Å². The van der Waals surface area contributed by atoms with E-state index in [0.717, 1.165) is 42.3 Å². The van der Waals surface area contributed by atoms with E-state index in [0.29, 0.717) is 39.1 Å². The number of unbranched alkanes of at least 4 members (excludes halogenated alkanes) is 2. The highest BCUT2D eigenvalue weighted by atomic mass is 32.2. The van der Waals surface area contributed by atoms with E-state index in [9.17, 15) is 19.5 Å². The maximum Gasteiger partial charge on any atom is 0.251 e. The molecule has 2 fully saturated rings. The molecule has 6 rings (SSSR count). The quantitative estimate of drug-likeness (QED) is 0.256. The highest BCUT2D eigenvalue weighted by molar-refractivity contribution is 8.02. The largest absolute Gasteiger partial charge is 0.494 e. The third-order valence-corrected chi connectivity index (χ3v) is 11.7. The van der Waals surface area contributed by atoms with E-state index in [-0.39, 0.29) is 29.6 Å². The Hall–Kier alpha value is -3.76. The molecule has 1 unspecified atom stereocenters. The Kier molecular flexibility index (Phi) is 9.98. The number of aliphatic hydroxyl groups is 1. The summed E-state index contributed by atoms with van der Waals surface area (Å²) >= 11 is 1.60. The van der Waals surface area contributed by atoms with Crippen LogP contribution < -0.4 is 19.4 Å². The Morgan fingerprint density at radius 3 is 2.17 bits per heavy atom. The van der Waals surface area contributed by atoms with Crippen molar-refractivity contribution in [2.75, 3.05) is 60.6 Å². The number of anilines is 3. The number of carbonyl (C=O) groups is 3. The molecule has 1 spiro atoms. The second-order valence-corrected chi connectivity index (χ2v) is 14.0. The minimum atomic E-state index is -0.877. The molecule has 1 N–H and O–H groups in total. The van der Waals surface area contributed by atoms with Gasteiger partial charge in [-0.25, -0.2) is 0 Å². The number of rotatable bonds is 12. The van der Waals surface area contributed by atoms with Crippen LogP contribution in [-0.2, 0) is 14.4 Å². The van der Waals surface area contributed by atoms with E-state index in [2.05, 4.69) is 43.0 Å². The number of benzene rings is 2. The highest BCUT2D eigenvalue weighted by Crippen LogP contribution is 2.61. The fourth-order valence-electron chi connectivity index (χ4n) is 7.73. The molecule has 4 aliphatic rings. The second-order valence-electron chi connectivity index (χ2n) is 12.5. The van der Waals surface area contributed by atoms with Crippen LogP contribution in [0.5, 0.6) is 5.75 Å². The first kappa shape index (κ1) is 33.2. The smallest absolute Gasteiger partial charge is 0.251 e. The summed E-state index contributed by atoms with van der Waals surface area (Å²) in [7, 11) is 0. The van der Waals surface area contributed by atoms with Gasteiger partial charge in [-0.2, -0.15) is 0 Å².